The second kappa shape index (κ2) is 6.63. The fourth-order valence-electron chi connectivity index (χ4n) is 1.76. The Morgan fingerprint density at radius 2 is 1.67 bits per heavy atom. The lowest BCUT2D eigenvalue weighted by Crippen LogP contribution is -2.27. The molecule has 0 amide bonds. The molecule has 0 saturated heterocycles. The summed E-state index contributed by atoms with van der Waals surface area (Å²) in [6.07, 6.45) is 0.974. The largest absolute Gasteiger partial charge is 0.327 e. The first-order chi connectivity index (χ1) is 8.28. The van der Waals surface area contributed by atoms with E-state index in [1.165, 1.54) is 11.1 Å². The van der Waals surface area contributed by atoms with Crippen LogP contribution in [0.15, 0.2) is 24.3 Å². The molecule has 1 nitrogen and oxygen atoms in total. The quantitative estimate of drug-likeness (QED) is 0.863. The van der Waals surface area contributed by atoms with Gasteiger partial charge in [-0.05, 0) is 23.5 Å². The highest BCUT2D eigenvalue weighted by atomic mass is 32.2. The van der Waals surface area contributed by atoms with Gasteiger partial charge in [0.05, 0.1) is 0 Å². The summed E-state index contributed by atoms with van der Waals surface area (Å²) in [5, 5.41) is 0. The van der Waals surface area contributed by atoms with Gasteiger partial charge in [0.2, 0.25) is 0 Å². The van der Waals surface area contributed by atoms with E-state index in [-0.39, 0.29) is 6.04 Å². The van der Waals surface area contributed by atoms with Crippen LogP contribution in [0.25, 0.3) is 0 Å². The van der Waals surface area contributed by atoms with Gasteiger partial charge in [0.15, 0.2) is 0 Å². The van der Waals surface area contributed by atoms with Crippen LogP contribution in [0.2, 0.25) is 0 Å². The molecule has 1 rings (SSSR count). The SMILES string of the molecule is CC(C)c1ccc(CC(N)CSC(C)(C)C)cc1. The molecule has 0 aliphatic rings. The van der Waals surface area contributed by atoms with Crippen molar-refractivity contribution >= 4 is 11.8 Å². The lowest BCUT2D eigenvalue weighted by molar-refractivity contribution is 0.733. The maximum absolute atomic E-state index is 6.19. The van der Waals surface area contributed by atoms with E-state index >= 15 is 0 Å². The molecule has 1 atom stereocenters. The van der Waals surface area contributed by atoms with Gasteiger partial charge in [0.1, 0.15) is 0 Å². The van der Waals surface area contributed by atoms with Crippen molar-refractivity contribution in [2.45, 2.75) is 57.7 Å². The van der Waals surface area contributed by atoms with Gasteiger partial charge in [-0.3, -0.25) is 0 Å². The monoisotopic (exact) mass is 265 g/mol. The van der Waals surface area contributed by atoms with E-state index < -0.39 is 0 Å². The van der Waals surface area contributed by atoms with Crippen molar-refractivity contribution in [1.29, 1.82) is 0 Å². The molecule has 0 bridgehead atoms. The van der Waals surface area contributed by atoms with E-state index in [0.29, 0.717) is 10.7 Å². The lowest BCUT2D eigenvalue weighted by Gasteiger charge is -2.20. The van der Waals surface area contributed by atoms with E-state index in [0.717, 1.165) is 12.2 Å². The highest BCUT2D eigenvalue weighted by molar-refractivity contribution is 8.00. The fraction of sp³-hybridized carbons (Fsp3) is 0.625. The Morgan fingerprint density at radius 1 is 1.11 bits per heavy atom. The van der Waals surface area contributed by atoms with Crippen molar-refractivity contribution in [1.82, 2.24) is 0 Å². The van der Waals surface area contributed by atoms with Gasteiger partial charge < -0.3 is 5.73 Å². The van der Waals surface area contributed by atoms with Crippen molar-refractivity contribution in [3.63, 3.8) is 0 Å². The average molecular weight is 265 g/mol. The zero-order valence-electron chi connectivity index (χ0n) is 12.4. The zero-order valence-corrected chi connectivity index (χ0v) is 13.2. The standard InChI is InChI=1S/C16H27NS/c1-12(2)14-8-6-13(7-9-14)10-15(17)11-18-16(3,4)5/h6-9,12,15H,10-11,17H2,1-5H3. The average Bonchev–Trinajstić information content (AvgIpc) is 2.26. The Labute approximate surface area is 117 Å². The number of nitrogens with two attached hydrogens (primary N) is 1. The van der Waals surface area contributed by atoms with Gasteiger partial charge in [0, 0.05) is 16.5 Å². The molecule has 102 valence electrons. The molecule has 0 fully saturated rings. The van der Waals surface area contributed by atoms with Crippen molar-refractivity contribution in [2.24, 2.45) is 5.73 Å². The molecule has 0 aromatic heterocycles. The number of thioether (sulfide) groups is 1. The van der Waals surface area contributed by atoms with E-state index in [2.05, 4.69) is 58.9 Å². The van der Waals surface area contributed by atoms with Crippen molar-refractivity contribution in [3.8, 4) is 0 Å². The van der Waals surface area contributed by atoms with Crippen molar-refractivity contribution in [3.05, 3.63) is 35.4 Å². The van der Waals surface area contributed by atoms with Gasteiger partial charge in [-0.1, -0.05) is 58.9 Å². The minimum Gasteiger partial charge on any atom is -0.327 e. The second-order valence-corrected chi connectivity index (χ2v) is 8.13. The Kier molecular flexibility index (Phi) is 5.74. The third kappa shape index (κ3) is 5.92. The molecule has 0 radical (unpaired) electrons. The predicted octanol–water partition coefficient (Wildman–Crippen LogP) is 4.21. The molecule has 18 heavy (non-hydrogen) atoms. The minimum absolute atomic E-state index is 0.249. The van der Waals surface area contributed by atoms with Gasteiger partial charge in [-0.25, -0.2) is 0 Å². The summed E-state index contributed by atoms with van der Waals surface area (Å²) in [6, 6.07) is 9.14. The molecule has 1 aromatic carbocycles. The van der Waals surface area contributed by atoms with Gasteiger partial charge in [-0.15, -0.1) is 0 Å². The summed E-state index contributed by atoms with van der Waals surface area (Å²) in [5.41, 5.74) is 8.94. The first-order valence-corrected chi connectivity index (χ1v) is 7.75. The lowest BCUT2D eigenvalue weighted by atomic mass is 10.00. The van der Waals surface area contributed by atoms with Gasteiger partial charge >= 0.3 is 0 Å². The van der Waals surface area contributed by atoms with Crippen LogP contribution in [-0.2, 0) is 6.42 Å². The Bertz CT molecular complexity index is 348. The number of hydrogen-bond acceptors (Lipinski definition) is 2. The molecule has 0 aliphatic carbocycles. The van der Waals surface area contributed by atoms with Crippen LogP contribution in [0.1, 0.15) is 51.7 Å². The van der Waals surface area contributed by atoms with Crippen LogP contribution in [-0.4, -0.2) is 16.5 Å². The van der Waals surface area contributed by atoms with Crippen LogP contribution >= 0.6 is 11.8 Å². The predicted molar refractivity (Wildman–Crippen MR) is 84.4 cm³/mol. The smallest absolute Gasteiger partial charge is 0.0171 e. The Balaban J connectivity index is 2.47. The summed E-state index contributed by atoms with van der Waals surface area (Å²) in [4.78, 5) is 0. The number of rotatable bonds is 5. The molecular formula is C16H27NS. The maximum Gasteiger partial charge on any atom is 0.0171 e. The summed E-state index contributed by atoms with van der Waals surface area (Å²) < 4.78 is 0.305. The minimum atomic E-state index is 0.249. The number of benzene rings is 1. The molecule has 2 heteroatoms. The first kappa shape index (κ1) is 15.6. The van der Waals surface area contributed by atoms with E-state index in [9.17, 15) is 0 Å². The normalized spacial score (nSPS) is 13.9. The maximum atomic E-state index is 6.19. The van der Waals surface area contributed by atoms with E-state index in [1.54, 1.807) is 0 Å². The summed E-state index contributed by atoms with van der Waals surface area (Å²) >= 11 is 1.94. The molecular weight excluding hydrogens is 238 g/mol. The summed E-state index contributed by atoms with van der Waals surface area (Å²) in [7, 11) is 0. The van der Waals surface area contributed by atoms with E-state index in [1.807, 2.05) is 11.8 Å². The molecule has 0 heterocycles. The summed E-state index contributed by atoms with van der Waals surface area (Å²) in [6.45, 7) is 11.2. The third-order valence-corrected chi connectivity index (χ3v) is 4.34. The second-order valence-electron chi connectivity index (χ2n) is 6.28. The molecule has 1 unspecified atom stereocenters. The number of hydrogen-bond donors (Lipinski definition) is 1. The fourth-order valence-corrected chi connectivity index (χ4v) is 2.59. The molecule has 0 saturated carbocycles. The highest BCUT2D eigenvalue weighted by Gasteiger charge is 2.13. The highest BCUT2D eigenvalue weighted by Crippen LogP contribution is 2.24. The van der Waals surface area contributed by atoms with Crippen LogP contribution in [0.5, 0.6) is 0 Å². The molecule has 0 spiro atoms. The van der Waals surface area contributed by atoms with E-state index in [4.69, 9.17) is 5.73 Å². The Morgan fingerprint density at radius 3 is 2.11 bits per heavy atom. The van der Waals surface area contributed by atoms with Crippen LogP contribution in [0.4, 0.5) is 0 Å². The van der Waals surface area contributed by atoms with Crippen LogP contribution in [0.3, 0.4) is 0 Å². The molecule has 2 N–H and O–H groups in total. The van der Waals surface area contributed by atoms with Gasteiger partial charge in [0.25, 0.3) is 0 Å². The molecule has 1 aromatic rings. The topological polar surface area (TPSA) is 26.0 Å². The van der Waals surface area contributed by atoms with Gasteiger partial charge in [-0.2, -0.15) is 11.8 Å². The van der Waals surface area contributed by atoms with Crippen LogP contribution < -0.4 is 5.73 Å². The first-order valence-electron chi connectivity index (χ1n) is 6.76. The zero-order chi connectivity index (χ0) is 13.8. The van der Waals surface area contributed by atoms with Crippen molar-refractivity contribution in [2.75, 3.05) is 5.75 Å². The third-order valence-electron chi connectivity index (χ3n) is 2.87. The Hall–Kier alpha value is -0.470. The summed E-state index contributed by atoms with van der Waals surface area (Å²) in [5.74, 6) is 1.62. The molecule has 0 aliphatic heterocycles. The van der Waals surface area contributed by atoms with Crippen molar-refractivity contribution < 1.29 is 0 Å². The van der Waals surface area contributed by atoms with Crippen LogP contribution in [0, 0.1) is 0 Å².